The molecule has 1 aromatic carbocycles. The third kappa shape index (κ3) is 0.934. The molecule has 2 aliphatic rings. The highest BCUT2D eigenvalue weighted by molar-refractivity contribution is 5.39. The molecule has 0 amide bonds. The summed E-state index contributed by atoms with van der Waals surface area (Å²) in [6.45, 7) is 0.231. The summed E-state index contributed by atoms with van der Waals surface area (Å²) < 4.78 is 54.7. The lowest BCUT2D eigenvalue weighted by Crippen LogP contribution is -2.15. The largest absolute Gasteiger partial charge is 0.363 e. The highest BCUT2D eigenvalue weighted by Gasteiger charge is 2.25. The molecule has 0 saturated carbocycles. The molecule has 1 nitrogen and oxygen atoms in total. The predicted molar refractivity (Wildman–Crippen MR) is 53.0 cm³/mol. The molecule has 0 aliphatic carbocycles. The van der Waals surface area contributed by atoms with Crippen LogP contribution in [0.4, 0.5) is 0 Å². The Labute approximate surface area is 87.8 Å². The molecule has 2 aliphatic heterocycles. The second-order valence-electron chi connectivity index (χ2n) is 3.01. The minimum atomic E-state index is -0.687. The van der Waals surface area contributed by atoms with Crippen LogP contribution in [0.25, 0.3) is 0 Å². The molecule has 0 bridgehead atoms. The summed E-state index contributed by atoms with van der Waals surface area (Å²) in [4.78, 5) is 1.63. The van der Waals surface area contributed by atoms with Gasteiger partial charge in [-0.3, -0.25) is 0 Å². The molecule has 3 rings (SSSR count). The summed E-state index contributed by atoms with van der Waals surface area (Å²) in [6.07, 6.45) is 1.43. The number of benzene rings is 1. The third-order valence-corrected chi connectivity index (χ3v) is 2.26. The normalized spacial score (nSPS) is 32.9. The molecule has 13 heavy (non-hydrogen) atoms. The summed E-state index contributed by atoms with van der Waals surface area (Å²) in [5.74, 6) is 0. The van der Waals surface area contributed by atoms with Crippen LogP contribution in [0.5, 0.6) is 0 Å². The van der Waals surface area contributed by atoms with Crippen LogP contribution in [-0.4, -0.2) is 4.90 Å². The van der Waals surface area contributed by atoms with Gasteiger partial charge in [0.15, 0.2) is 0 Å². The number of hydrogen-bond donors (Lipinski definition) is 0. The van der Waals surface area contributed by atoms with Crippen molar-refractivity contribution in [3.8, 4) is 0 Å². The fraction of sp³-hybridized carbons (Fsp3) is 0.167. The predicted octanol–water partition coefficient (Wildman–Crippen LogP) is 2.63. The van der Waals surface area contributed by atoms with Gasteiger partial charge < -0.3 is 4.90 Å². The van der Waals surface area contributed by atoms with E-state index in [1.165, 1.54) is 6.20 Å². The van der Waals surface area contributed by atoms with Crippen molar-refractivity contribution in [3.63, 3.8) is 0 Å². The molecule has 1 aromatic rings. The summed E-state index contributed by atoms with van der Waals surface area (Å²) in [5.41, 5.74) is 0.805. The Morgan fingerprint density at radius 3 is 3.23 bits per heavy atom. The summed E-state index contributed by atoms with van der Waals surface area (Å²) in [7, 11) is 0. The Balaban J connectivity index is 2.29. The summed E-state index contributed by atoms with van der Waals surface area (Å²) in [5, 5.41) is 0. The molecule has 0 aromatic heterocycles. The van der Waals surface area contributed by atoms with E-state index >= 15 is 0 Å². The van der Waals surface area contributed by atoms with Crippen LogP contribution in [0.3, 0.4) is 0 Å². The van der Waals surface area contributed by atoms with Crippen molar-refractivity contribution < 1.29 is 9.60 Å². The maximum Gasteiger partial charge on any atom is 0.0731 e. The van der Waals surface area contributed by atoms with E-state index in [2.05, 4.69) is 0 Å². The summed E-state index contributed by atoms with van der Waals surface area (Å²) in [6, 6.07) is -1.93. The standard InChI is InChI=1S/C12H11N/c1-2-6-11-10(5-1)9-13-8-4-3-7-12(11)13/h1-8,12H,9H2/i1D,2D,3D,4D,5D,6D,7D. The number of hydrogen-bond acceptors (Lipinski definition) is 1. The first kappa shape index (κ1) is 3.02. The minimum absolute atomic E-state index is 0.0747. The van der Waals surface area contributed by atoms with Gasteiger partial charge in [0.05, 0.1) is 15.6 Å². The minimum Gasteiger partial charge on any atom is -0.363 e. The third-order valence-electron chi connectivity index (χ3n) is 2.26. The Kier molecular flexibility index (Phi) is 0.578. The SMILES string of the molecule is [2H]C1=CN2Cc3c([2H])c([2H])c([2H])c([2H])c3C2C([2H])=C1[2H]. The van der Waals surface area contributed by atoms with Gasteiger partial charge in [-0.25, -0.2) is 0 Å². The molecule has 2 heterocycles. The number of allylic oxidation sites excluding steroid dienone is 2. The average Bonchev–Trinajstić information content (AvgIpc) is 2.79. The fourth-order valence-corrected chi connectivity index (χ4v) is 1.65. The van der Waals surface area contributed by atoms with Crippen molar-refractivity contribution in [1.82, 2.24) is 4.90 Å². The zero-order chi connectivity index (χ0) is 14.8. The van der Waals surface area contributed by atoms with Crippen LogP contribution in [0, 0.1) is 0 Å². The van der Waals surface area contributed by atoms with E-state index in [0.717, 1.165) is 0 Å². The molecule has 1 unspecified atom stereocenters. The van der Waals surface area contributed by atoms with Gasteiger partial charge >= 0.3 is 0 Å². The van der Waals surface area contributed by atoms with E-state index in [1.807, 2.05) is 0 Å². The van der Waals surface area contributed by atoms with Gasteiger partial charge in [0.25, 0.3) is 0 Å². The van der Waals surface area contributed by atoms with Crippen LogP contribution in [-0.2, 0) is 6.54 Å². The average molecular weight is 176 g/mol. The van der Waals surface area contributed by atoms with Crippen LogP contribution < -0.4 is 0 Å². The molecule has 0 saturated heterocycles. The smallest absolute Gasteiger partial charge is 0.0731 e. The van der Waals surface area contributed by atoms with E-state index in [9.17, 15) is 0 Å². The molecule has 0 fully saturated rings. The second kappa shape index (κ2) is 2.49. The van der Waals surface area contributed by atoms with Crippen molar-refractivity contribution in [2.45, 2.75) is 12.6 Å². The molecule has 1 heteroatoms. The van der Waals surface area contributed by atoms with Crippen LogP contribution >= 0.6 is 0 Å². The maximum atomic E-state index is 8.00. The fourth-order valence-electron chi connectivity index (χ4n) is 1.65. The Morgan fingerprint density at radius 2 is 2.23 bits per heavy atom. The van der Waals surface area contributed by atoms with Gasteiger partial charge in [0.1, 0.15) is 0 Å². The van der Waals surface area contributed by atoms with Gasteiger partial charge in [0, 0.05) is 12.7 Å². The maximum absolute atomic E-state index is 8.00. The number of rotatable bonds is 0. The van der Waals surface area contributed by atoms with E-state index in [-0.39, 0.29) is 48.9 Å². The molecule has 0 N–H and O–H groups in total. The Bertz CT molecular complexity index is 692. The molecule has 0 spiro atoms. The number of fused-ring (bicyclic) bond motifs is 3. The van der Waals surface area contributed by atoms with Crippen molar-refractivity contribution >= 4 is 0 Å². The van der Waals surface area contributed by atoms with Crippen molar-refractivity contribution in [1.29, 1.82) is 0 Å². The lowest BCUT2D eigenvalue weighted by molar-refractivity contribution is 0.350. The van der Waals surface area contributed by atoms with E-state index in [4.69, 9.17) is 9.60 Å². The Hall–Kier alpha value is -1.50. The van der Waals surface area contributed by atoms with E-state index in [0.29, 0.717) is 11.1 Å². The highest BCUT2D eigenvalue weighted by Crippen LogP contribution is 2.35. The lowest BCUT2D eigenvalue weighted by atomic mass is 10.0. The first-order valence-electron chi connectivity index (χ1n) is 7.55. The molecule has 0 radical (unpaired) electrons. The molecular weight excluding hydrogens is 158 g/mol. The van der Waals surface area contributed by atoms with Gasteiger partial charge in [0.2, 0.25) is 0 Å². The summed E-state index contributed by atoms with van der Waals surface area (Å²) >= 11 is 0. The monoisotopic (exact) mass is 176 g/mol. The second-order valence-corrected chi connectivity index (χ2v) is 3.01. The first-order valence-corrected chi connectivity index (χ1v) is 4.05. The molecule has 64 valence electrons. The molecule has 1 atom stereocenters. The van der Waals surface area contributed by atoms with Crippen LogP contribution in [0.2, 0.25) is 0 Å². The van der Waals surface area contributed by atoms with Crippen molar-refractivity contribution in [2.24, 2.45) is 0 Å². The number of nitrogens with zero attached hydrogens (tertiary/aromatic N) is 1. The van der Waals surface area contributed by atoms with Crippen molar-refractivity contribution in [3.05, 3.63) is 59.7 Å². The van der Waals surface area contributed by atoms with E-state index < -0.39 is 6.04 Å². The zero-order valence-corrected chi connectivity index (χ0v) is 6.81. The van der Waals surface area contributed by atoms with Gasteiger partial charge in [-0.1, -0.05) is 36.3 Å². The van der Waals surface area contributed by atoms with Crippen LogP contribution in [0.15, 0.2) is 48.5 Å². The topological polar surface area (TPSA) is 3.24 Å². The molecular formula is C12H11N. The van der Waals surface area contributed by atoms with Gasteiger partial charge in [-0.05, 0) is 17.2 Å². The van der Waals surface area contributed by atoms with Crippen LogP contribution in [0.1, 0.15) is 26.8 Å². The van der Waals surface area contributed by atoms with E-state index in [1.54, 1.807) is 4.90 Å². The van der Waals surface area contributed by atoms with Crippen molar-refractivity contribution in [2.75, 3.05) is 0 Å². The van der Waals surface area contributed by atoms with Gasteiger partial charge in [-0.2, -0.15) is 0 Å². The van der Waals surface area contributed by atoms with Gasteiger partial charge in [-0.15, -0.1) is 0 Å². The lowest BCUT2D eigenvalue weighted by Gasteiger charge is -2.22. The highest BCUT2D eigenvalue weighted by atomic mass is 15.2. The first-order chi connectivity index (χ1) is 9.34. The zero-order valence-electron chi connectivity index (χ0n) is 13.8. The quantitative estimate of drug-likeness (QED) is 0.587. The Morgan fingerprint density at radius 1 is 1.31 bits per heavy atom.